The van der Waals surface area contributed by atoms with Gasteiger partial charge in [0.15, 0.2) is 0 Å². The maximum atomic E-state index is 11.9. The molecule has 0 aromatic rings. The van der Waals surface area contributed by atoms with Crippen LogP contribution in [-0.2, 0) is 0 Å². The molecular weight excluding hydrogens is 199 g/mol. The summed E-state index contributed by atoms with van der Waals surface area (Å²) in [5.41, 5.74) is 5.22. The third-order valence-electron chi connectivity index (χ3n) is 1.66. The summed E-state index contributed by atoms with van der Waals surface area (Å²) in [6.45, 7) is 0.674. The van der Waals surface area contributed by atoms with Crippen molar-refractivity contribution < 1.29 is 18.4 Å². The van der Waals surface area contributed by atoms with Gasteiger partial charge in [-0.25, -0.2) is 0 Å². The lowest BCUT2D eigenvalue weighted by atomic mass is 10.1. The monoisotopic (exact) mass is 213 g/mol. The summed E-state index contributed by atoms with van der Waals surface area (Å²) in [7, 11) is 1.33. The van der Waals surface area contributed by atoms with Crippen molar-refractivity contribution in [2.45, 2.75) is 13.1 Å². The zero-order chi connectivity index (χ0) is 11.4. The number of hydrogen-bond donors (Lipinski definition) is 2. The summed E-state index contributed by atoms with van der Waals surface area (Å²) in [4.78, 5) is 1.07. The first kappa shape index (κ1) is 13.0. The molecule has 0 aliphatic rings. The Morgan fingerprint density at radius 2 is 2.07 bits per heavy atom. The van der Waals surface area contributed by atoms with Gasteiger partial charge >= 0.3 is 6.18 Å². The van der Waals surface area contributed by atoms with E-state index in [1.54, 1.807) is 6.92 Å². The Morgan fingerprint density at radius 1 is 1.57 bits per heavy atom. The van der Waals surface area contributed by atoms with E-state index in [1.807, 2.05) is 0 Å². The molecule has 0 amide bonds. The highest BCUT2D eigenvalue weighted by molar-refractivity contribution is 5.82. The second-order valence-corrected chi connectivity index (χ2v) is 3.24. The van der Waals surface area contributed by atoms with Gasteiger partial charge in [-0.1, -0.05) is 12.1 Å². The molecule has 14 heavy (non-hydrogen) atoms. The molecule has 1 atom stereocenters. The lowest BCUT2D eigenvalue weighted by Gasteiger charge is -2.21. The average molecular weight is 213 g/mol. The summed E-state index contributed by atoms with van der Waals surface area (Å²) < 4.78 is 35.7. The Hall–Kier alpha value is -0.980. The molecule has 0 heterocycles. The molecule has 0 spiro atoms. The predicted molar refractivity (Wildman–Crippen MR) is 46.1 cm³/mol. The Balaban J connectivity index is 4.01. The minimum absolute atomic E-state index is 0.0703. The Labute approximate surface area is 80.2 Å². The minimum Gasteiger partial charge on any atom is -0.409 e. The van der Waals surface area contributed by atoms with Gasteiger partial charge in [-0.15, -0.1) is 0 Å². The van der Waals surface area contributed by atoms with Crippen LogP contribution >= 0.6 is 0 Å². The van der Waals surface area contributed by atoms with Gasteiger partial charge < -0.3 is 10.9 Å². The van der Waals surface area contributed by atoms with Crippen molar-refractivity contribution in [3.05, 3.63) is 0 Å². The second-order valence-electron chi connectivity index (χ2n) is 3.24. The number of amidine groups is 1. The van der Waals surface area contributed by atoms with E-state index in [-0.39, 0.29) is 12.4 Å². The number of alkyl halides is 3. The van der Waals surface area contributed by atoms with Crippen LogP contribution < -0.4 is 5.73 Å². The number of rotatable bonds is 4. The first-order valence-electron chi connectivity index (χ1n) is 3.99. The van der Waals surface area contributed by atoms with Crippen LogP contribution in [0.2, 0.25) is 0 Å². The first-order chi connectivity index (χ1) is 6.26. The van der Waals surface area contributed by atoms with Crippen molar-refractivity contribution in [1.29, 1.82) is 0 Å². The number of nitrogens with zero attached hydrogens (tertiary/aromatic N) is 2. The Kier molecular flexibility index (Phi) is 4.69. The fourth-order valence-electron chi connectivity index (χ4n) is 1.03. The summed E-state index contributed by atoms with van der Waals surface area (Å²) in [5.74, 6) is -0.480. The van der Waals surface area contributed by atoms with E-state index in [2.05, 4.69) is 5.16 Å². The highest BCUT2D eigenvalue weighted by Crippen LogP contribution is 2.16. The molecule has 7 heteroatoms. The molecule has 0 aliphatic heterocycles. The van der Waals surface area contributed by atoms with E-state index in [1.165, 1.54) is 7.05 Å². The number of hydrogen-bond acceptors (Lipinski definition) is 3. The van der Waals surface area contributed by atoms with Crippen molar-refractivity contribution in [2.24, 2.45) is 16.8 Å². The normalized spacial score (nSPS) is 16.0. The van der Waals surface area contributed by atoms with Gasteiger partial charge in [-0.2, -0.15) is 13.2 Å². The SMILES string of the molecule is CC(CN(C)CC(F)(F)F)/C(N)=N/O. The summed E-state index contributed by atoms with van der Waals surface area (Å²) >= 11 is 0. The van der Waals surface area contributed by atoms with Gasteiger partial charge in [0.1, 0.15) is 5.84 Å². The van der Waals surface area contributed by atoms with Gasteiger partial charge in [0.05, 0.1) is 6.54 Å². The van der Waals surface area contributed by atoms with Crippen molar-refractivity contribution in [2.75, 3.05) is 20.1 Å². The highest BCUT2D eigenvalue weighted by atomic mass is 19.4. The lowest BCUT2D eigenvalue weighted by Crippen LogP contribution is -2.37. The van der Waals surface area contributed by atoms with E-state index in [0.29, 0.717) is 0 Å². The van der Waals surface area contributed by atoms with Crippen molar-refractivity contribution in [3.63, 3.8) is 0 Å². The van der Waals surface area contributed by atoms with E-state index < -0.39 is 18.6 Å². The van der Waals surface area contributed by atoms with E-state index in [4.69, 9.17) is 10.9 Å². The molecule has 1 unspecified atom stereocenters. The molecule has 84 valence electrons. The maximum Gasteiger partial charge on any atom is 0.401 e. The molecule has 0 aliphatic carbocycles. The second kappa shape index (κ2) is 5.04. The molecule has 0 fully saturated rings. The van der Waals surface area contributed by atoms with Gasteiger partial charge in [-0.05, 0) is 7.05 Å². The van der Waals surface area contributed by atoms with Crippen LogP contribution in [0.3, 0.4) is 0 Å². The summed E-state index contributed by atoms with van der Waals surface area (Å²) in [6, 6.07) is 0. The van der Waals surface area contributed by atoms with E-state index >= 15 is 0 Å². The lowest BCUT2D eigenvalue weighted by molar-refractivity contribution is -0.143. The topological polar surface area (TPSA) is 61.8 Å². The van der Waals surface area contributed by atoms with Gasteiger partial charge in [0.25, 0.3) is 0 Å². The van der Waals surface area contributed by atoms with E-state index in [0.717, 1.165) is 4.90 Å². The number of nitrogens with two attached hydrogens (primary N) is 1. The smallest absolute Gasteiger partial charge is 0.401 e. The molecule has 0 rings (SSSR count). The Morgan fingerprint density at radius 3 is 2.43 bits per heavy atom. The number of halogens is 3. The van der Waals surface area contributed by atoms with Crippen LogP contribution in [0.5, 0.6) is 0 Å². The molecule has 0 saturated carbocycles. The van der Waals surface area contributed by atoms with E-state index in [9.17, 15) is 13.2 Å². The predicted octanol–water partition coefficient (Wildman–Crippen LogP) is 0.863. The molecule has 0 aromatic carbocycles. The zero-order valence-corrected chi connectivity index (χ0v) is 8.04. The van der Waals surface area contributed by atoms with Gasteiger partial charge in [-0.3, -0.25) is 4.90 Å². The van der Waals surface area contributed by atoms with Crippen LogP contribution in [-0.4, -0.2) is 42.3 Å². The molecule has 3 N–H and O–H groups in total. The molecule has 0 aromatic heterocycles. The molecule has 0 bridgehead atoms. The summed E-state index contributed by atoms with van der Waals surface area (Å²) in [5, 5.41) is 11.0. The van der Waals surface area contributed by atoms with Gasteiger partial charge in [0.2, 0.25) is 0 Å². The third-order valence-corrected chi connectivity index (χ3v) is 1.66. The standard InChI is InChI=1S/C7H14F3N3O/c1-5(6(11)12-14)3-13(2)4-7(8,9)10/h5,14H,3-4H2,1-2H3,(H2,11,12). The maximum absolute atomic E-state index is 11.9. The number of oxime groups is 1. The summed E-state index contributed by atoms with van der Waals surface area (Å²) in [6.07, 6.45) is -4.22. The third kappa shape index (κ3) is 5.63. The van der Waals surface area contributed by atoms with Crippen molar-refractivity contribution in [3.8, 4) is 0 Å². The van der Waals surface area contributed by atoms with Crippen molar-refractivity contribution in [1.82, 2.24) is 4.90 Å². The van der Waals surface area contributed by atoms with Crippen LogP contribution in [0, 0.1) is 5.92 Å². The minimum atomic E-state index is -4.22. The van der Waals surface area contributed by atoms with Gasteiger partial charge in [0, 0.05) is 12.5 Å². The average Bonchev–Trinajstić information content (AvgIpc) is 1.99. The fraction of sp³-hybridized carbons (Fsp3) is 0.857. The quantitative estimate of drug-likeness (QED) is 0.315. The largest absolute Gasteiger partial charge is 0.409 e. The zero-order valence-electron chi connectivity index (χ0n) is 8.04. The van der Waals surface area contributed by atoms with Crippen molar-refractivity contribution >= 4 is 5.84 Å². The van der Waals surface area contributed by atoms with Crippen LogP contribution in [0.1, 0.15) is 6.92 Å². The molecule has 4 nitrogen and oxygen atoms in total. The molecule has 0 saturated heterocycles. The van der Waals surface area contributed by atoms with Crippen LogP contribution in [0.4, 0.5) is 13.2 Å². The fourth-order valence-corrected chi connectivity index (χ4v) is 1.03. The Bertz CT molecular complexity index is 205. The molecule has 0 radical (unpaired) electrons. The molecular formula is C7H14F3N3O. The van der Waals surface area contributed by atoms with Crippen LogP contribution in [0.25, 0.3) is 0 Å². The highest BCUT2D eigenvalue weighted by Gasteiger charge is 2.29. The first-order valence-corrected chi connectivity index (χ1v) is 3.99. The van der Waals surface area contributed by atoms with Crippen LogP contribution in [0.15, 0.2) is 5.16 Å².